The predicted octanol–water partition coefficient (Wildman–Crippen LogP) is 5.14. The summed E-state index contributed by atoms with van der Waals surface area (Å²) in [4.78, 5) is 34.6. The molecule has 0 bridgehead atoms. The lowest BCUT2D eigenvalue weighted by atomic mass is 9.75. The first-order valence-corrected chi connectivity index (χ1v) is 15.2. The Morgan fingerprint density at radius 1 is 1.00 bits per heavy atom. The summed E-state index contributed by atoms with van der Waals surface area (Å²) >= 11 is 0. The first-order chi connectivity index (χ1) is 18.8. The van der Waals surface area contributed by atoms with E-state index in [1.165, 1.54) is 12.1 Å². The molecule has 40 heavy (non-hydrogen) atoms. The monoisotopic (exact) mass is 559 g/mol. The SMILES string of the molecule is CC1(C)CCC(N(C(=O)C2CCOC2)[C@H]2CCN(C(=O)[C@]3(c4ccc(F)cc4F)CCN(C(C)(C)C)C3)C2)CC1. The smallest absolute Gasteiger partial charge is 0.234 e. The topological polar surface area (TPSA) is 53.1 Å². The van der Waals surface area contributed by atoms with E-state index in [1.54, 1.807) is 0 Å². The standard InChI is InChI=1S/C32H47F2N3O3/c1-30(2,3)36-16-14-32(21-36,26-7-6-23(33)18-27(26)34)29(39)35-15-10-25(19-35)37(28(38)22-11-17-40-20-22)24-8-12-31(4,5)13-9-24/h6-7,18,22,24-25H,8-17,19-21H2,1-5H3/t22?,25-,32+/m0/s1. The fraction of sp³-hybridized carbons (Fsp3) is 0.750. The molecule has 222 valence electrons. The van der Waals surface area contributed by atoms with Crippen LogP contribution in [0.3, 0.4) is 0 Å². The second-order valence-electron chi connectivity index (χ2n) is 14.4. The Morgan fingerprint density at radius 2 is 1.73 bits per heavy atom. The maximum atomic E-state index is 15.3. The van der Waals surface area contributed by atoms with E-state index in [-0.39, 0.29) is 46.3 Å². The van der Waals surface area contributed by atoms with Crippen molar-refractivity contribution in [3.05, 3.63) is 35.4 Å². The number of hydrogen-bond donors (Lipinski definition) is 0. The molecule has 0 radical (unpaired) electrons. The number of carbonyl (C=O) groups is 2. The summed E-state index contributed by atoms with van der Waals surface area (Å²) in [5.74, 6) is -1.36. The first kappa shape index (κ1) is 29.4. The van der Waals surface area contributed by atoms with E-state index in [4.69, 9.17) is 4.74 Å². The van der Waals surface area contributed by atoms with Crippen LogP contribution in [0.5, 0.6) is 0 Å². The molecule has 3 saturated heterocycles. The van der Waals surface area contributed by atoms with Crippen molar-refractivity contribution in [2.24, 2.45) is 11.3 Å². The quantitative estimate of drug-likeness (QED) is 0.501. The molecule has 5 rings (SSSR count). The van der Waals surface area contributed by atoms with E-state index >= 15 is 4.39 Å². The highest BCUT2D eigenvalue weighted by Gasteiger charge is 2.53. The molecule has 1 unspecified atom stereocenters. The molecule has 0 spiro atoms. The Hall–Kier alpha value is -2.06. The highest BCUT2D eigenvalue weighted by molar-refractivity contribution is 5.89. The Labute approximate surface area is 238 Å². The molecule has 0 N–H and O–H groups in total. The summed E-state index contributed by atoms with van der Waals surface area (Å²) in [6.07, 6.45) is 6.05. The molecule has 1 aliphatic carbocycles. The normalized spacial score (nSPS) is 29.7. The van der Waals surface area contributed by atoms with E-state index in [0.29, 0.717) is 45.8 Å². The van der Waals surface area contributed by atoms with Gasteiger partial charge in [-0.3, -0.25) is 14.5 Å². The second-order valence-corrected chi connectivity index (χ2v) is 14.4. The molecule has 1 saturated carbocycles. The number of rotatable bonds is 5. The minimum absolute atomic E-state index is 0.0569. The van der Waals surface area contributed by atoms with Crippen LogP contribution in [-0.4, -0.2) is 83.5 Å². The molecule has 6 nitrogen and oxygen atoms in total. The van der Waals surface area contributed by atoms with Gasteiger partial charge in [0.05, 0.1) is 24.0 Å². The minimum atomic E-state index is -1.08. The molecule has 1 aromatic rings. The summed E-state index contributed by atoms with van der Waals surface area (Å²) in [7, 11) is 0. The van der Waals surface area contributed by atoms with Crippen molar-refractivity contribution in [3.63, 3.8) is 0 Å². The molecule has 3 atom stereocenters. The number of nitrogens with zero attached hydrogens (tertiary/aromatic N) is 3. The number of ether oxygens (including phenoxy) is 1. The Balaban J connectivity index is 1.41. The van der Waals surface area contributed by atoms with Gasteiger partial charge >= 0.3 is 0 Å². The maximum absolute atomic E-state index is 15.3. The third-order valence-electron chi connectivity index (χ3n) is 10.2. The number of hydrogen-bond acceptors (Lipinski definition) is 4. The van der Waals surface area contributed by atoms with Crippen molar-refractivity contribution in [2.45, 2.75) is 103 Å². The van der Waals surface area contributed by atoms with Crippen molar-refractivity contribution < 1.29 is 23.1 Å². The fourth-order valence-electron chi connectivity index (χ4n) is 7.49. The Morgan fingerprint density at radius 3 is 2.33 bits per heavy atom. The van der Waals surface area contributed by atoms with E-state index < -0.39 is 17.0 Å². The van der Waals surface area contributed by atoms with Gasteiger partial charge < -0.3 is 14.5 Å². The van der Waals surface area contributed by atoms with Gasteiger partial charge in [0.1, 0.15) is 11.6 Å². The largest absolute Gasteiger partial charge is 0.381 e. The number of likely N-dealkylation sites (tertiary alicyclic amines) is 2. The molecule has 4 aliphatic rings. The molecule has 0 aromatic heterocycles. The van der Waals surface area contributed by atoms with Gasteiger partial charge in [0, 0.05) is 56.0 Å². The van der Waals surface area contributed by atoms with E-state index in [2.05, 4.69) is 44.4 Å². The minimum Gasteiger partial charge on any atom is -0.381 e. The summed E-state index contributed by atoms with van der Waals surface area (Å²) in [5.41, 5.74) is -0.706. The Kier molecular flexibility index (Phi) is 8.07. The van der Waals surface area contributed by atoms with Crippen molar-refractivity contribution in [2.75, 3.05) is 39.4 Å². The molecule has 3 aliphatic heterocycles. The fourth-order valence-corrected chi connectivity index (χ4v) is 7.49. The highest BCUT2D eigenvalue weighted by Crippen LogP contribution is 2.43. The number of halogens is 2. The molecular weight excluding hydrogens is 512 g/mol. The lowest BCUT2D eigenvalue weighted by Crippen LogP contribution is -2.54. The van der Waals surface area contributed by atoms with Crippen LogP contribution in [0.15, 0.2) is 18.2 Å². The maximum Gasteiger partial charge on any atom is 0.234 e. The average Bonchev–Trinajstić information content (AvgIpc) is 3.66. The van der Waals surface area contributed by atoms with Gasteiger partial charge in [-0.25, -0.2) is 8.78 Å². The van der Waals surface area contributed by atoms with Crippen molar-refractivity contribution in [1.29, 1.82) is 0 Å². The third kappa shape index (κ3) is 5.67. The van der Waals surface area contributed by atoms with E-state index in [9.17, 15) is 14.0 Å². The molecule has 2 amide bonds. The average molecular weight is 560 g/mol. The Bertz CT molecular complexity index is 1100. The zero-order valence-corrected chi connectivity index (χ0v) is 25.0. The molecular formula is C32H47F2N3O3. The van der Waals surface area contributed by atoms with Crippen LogP contribution in [0.25, 0.3) is 0 Å². The second kappa shape index (κ2) is 11.0. The number of carbonyl (C=O) groups excluding carboxylic acids is 2. The number of benzene rings is 1. The van der Waals surface area contributed by atoms with Crippen molar-refractivity contribution >= 4 is 11.8 Å². The van der Waals surface area contributed by atoms with Crippen molar-refractivity contribution in [3.8, 4) is 0 Å². The lowest BCUT2D eigenvalue weighted by Gasteiger charge is -2.44. The molecule has 1 aromatic carbocycles. The van der Waals surface area contributed by atoms with Gasteiger partial charge in [-0.15, -0.1) is 0 Å². The summed E-state index contributed by atoms with van der Waals surface area (Å²) in [6, 6.07) is 3.73. The van der Waals surface area contributed by atoms with Gasteiger partial charge in [0.15, 0.2) is 0 Å². The van der Waals surface area contributed by atoms with Gasteiger partial charge in [-0.05, 0) is 77.2 Å². The van der Waals surface area contributed by atoms with Gasteiger partial charge in [0.2, 0.25) is 11.8 Å². The first-order valence-electron chi connectivity index (χ1n) is 15.2. The van der Waals surface area contributed by atoms with Crippen LogP contribution in [0.1, 0.15) is 85.1 Å². The van der Waals surface area contributed by atoms with Crippen LogP contribution in [0, 0.1) is 23.0 Å². The zero-order chi connectivity index (χ0) is 28.9. The van der Waals surface area contributed by atoms with Crippen LogP contribution in [0.4, 0.5) is 8.78 Å². The summed E-state index contributed by atoms with van der Waals surface area (Å²) < 4.78 is 34.8. The van der Waals surface area contributed by atoms with E-state index in [0.717, 1.165) is 44.6 Å². The molecule has 8 heteroatoms. The predicted molar refractivity (Wildman–Crippen MR) is 151 cm³/mol. The van der Waals surface area contributed by atoms with Crippen LogP contribution in [0.2, 0.25) is 0 Å². The highest BCUT2D eigenvalue weighted by atomic mass is 19.1. The third-order valence-corrected chi connectivity index (χ3v) is 10.2. The van der Waals surface area contributed by atoms with Gasteiger partial charge in [-0.1, -0.05) is 19.9 Å². The summed E-state index contributed by atoms with van der Waals surface area (Å²) in [5, 5.41) is 0. The van der Waals surface area contributed by atoms with Crippen molar-refractivity contribution in [1.82, 2.24) is 14.7 Å². The van der Waals surface area contributed by atoms with Crippen LogP contribution >= 0.6 is 0 Å². The summed E-state index contributed by atoms with van der Waals surface area (Å²) in [6.45, 7) is 14.0. The van der Waals surface area contributed by atoms with Crippen LogP contribution in [-0.2, 0) is 19.7 Å². The van der Waals surface area contributed by atoms with E-state index in [1.807, 2.05) is 4.90 Å². The molecule has 3 heterocycles. The van der Waals surface area contributed by atoms with Gasteiger partial charge in [0.25, 0.3) is 0 Å². The van der Waals surface area contributed by atoms with Crippen LogP contribution < -0.4 is 0 Å². The van der Waals surface area contributed by atoms with Gasteiger partial charge in [-0.2, -0.15) is 0 Å². The molecule has 4 fully saturated rings. The number of amides is 2. The zero-order valence-electron chi connectivity index (χ0n) is 25.0. The lowest BCUT2D eigenvalue weighted by molar-refractivity contribution is -0.143.